The van der Waals surface area contributed by atoms with Gasteiger partial charge in [0.15, 0.2) is 0 Å². The fourth-order valence-electron chi connectivity index (χ4n) is 4.41. The molecule has 0 radical (unpaired) electrons. The number of rotatable bonds is 5. The van der Waals surface area contributed by atoms with E-state index in [0.29, 0.717) is 89.2 Å². The smallest absolute Gasteiger partial charge is 0.324 e. The van der Waals surface area contributed by atoms with Crippen LogP contribution in [0.3, 0.4) is 0 Å². The Bertz CT molecular complexity index is 1360. The van der Waals surface area contributed by atoms with Gasteiger partial charge in [-0.2, -0.15) is 0 Å². The highest BCUT2D eigenvalue weighted by atomic mass is 35.5. The van der Waals surface area contributed by atoms with E-state index in [1.165, 1.54) is 18.6 Å². The van der Waals surface area contributed by atoms with E-state index < -0.39 is 6.10 Å². The fraction of sp³-hybridized carbons (Fsp3) is 0.308. The first kappa shape index (κ1) is 26.0. The van der Waals surface area contributed by atoms with Gasteiger partial charge in [-0.05, 0) is 31.2 Å². The predicted molar refractivity (Wildman–Crippen MR) is 145 cm³/mol. The summed E-state index contributed by atoms with van der Waals surface area (Å²) in [6.45, 7) is 4.58. The van der Waals surface area contributed by atoms with E-state index in [9.17, 15) is 4.79 Å². The standard InChI is InChI=1S/C26H26Cl2N6O4/c1-15(23-19(27)13-31-14-20(23)28)38-17-2-3-21(29)18(11-17)24(30)16-10-22-25(32-12-16)37-9-6-34(22)26(35)33-4-7-36-8-5-33/h2-3,10-15,30H,4-9,29H2,1H3/t15-/m1/s1. The zero-order valence-corrected chi connectivity index (χ0v) is 22.1. The number of halogens is 2. The number of ether oxygens (including phenoxy) is 3. The molecule has 2 aliphatic heterocycles. The lowest BCUT2D eigenvalue weighted by atomic mass is 10.0. The maximum Gasteiger partial charge on any atom is 0.324 e. The lowest BCUT2D eigenvalue weighted by Gasteiger charge is -2.35. The lowest BCUT2D eigenvalue weighted by molar-refractivity contribution is 0.0545. The van der Waals surface area contributed by atoms with Gasteiger partial charge >= 0.3 is 6.03 Å². The van der Waals surface area contributed by atoms with Crippen molar-refractivity contribution in [2.75, 3.05) is 50.1 Å². The molecule has 2 aliphatic rings. The molecule has 38 heavy (non-hydrogen) atoms. The summed E-state index contributed by atoms with van der Waals surface area (Å²) in [6.07, 6.45) is 4.07. The van der Waals surface area contributed by atoms with Crippen LogP contribution >= 0.6 is 23.2 Å². The average molecular weight is 557 g/mol. The number of hydrogen-bond donors (Lipinski definition) is 2. The van der Waals surface area contributed by atoms with E-state index >= 15 is 0 Å². The Morgan fingerprint density at radius 2 is 1.84 bits per heavy atom. The minimum absolute atomic E-state index is 0.125. The Morgan fingerprint density at radius 1 is 1.11 bits per heavy atom. The van der Waals surface area contributed by atoms with Crippen molar-refractivity contribution in [3.63, 3.8) is 0 Å². The molecular formula is C26H26Cl2N6O4. The lowest BCUT2D eigenvalue weighted by Crippen LogP contribution is -2.50. The van der Waals surface area contributed by atoms with Gasteiger partial charge in [-0.15, -0.1) is 0 Å². The molecule has 198 valence electrons. The minimum atomic E-state index is -0.481. The molecule has 1 aromatic carbocycles. The van der Waals surface area contributed by atoms with E-state index in [4.69, 9.17) is 48.6 Å². The highest BCUT2D eigenvalue weighted by Crippen LogP contribution is 2.35. The number of hydrogen-bond acceptors (Lipinski definition) is 8. The summed E-state index contributed by atoms with van der Waals surface area (Å²) in [6, 6.07) is 6.66. The molecule has 1 atom stereocenters. The van der Waals surface area contributed by atoms with Crippen molar-refractivity contribution in [2.45, 2.75) is 13.0 Å². The number of aromatic nitrogens is 2. The van der Waals surface area contributed by atoms with Crippen molar-refractivity contribution < 1.29 is 19.0 Å². The van der Waals surface area contributed by atoms with Gasteiger partial charge in [0.05, 0.1) is 35.5 Å². The van der Waals surface area contributed by atoms with Gasteiger partial charge in [0, 0.05) is 54.1 Å². The summed E-state index contributed by atoms with van der Waals surface area (Å²) in [5, 5.41) is 9.70. The number of nitrogens with one attached hydrogen (secondary N) is 1. The molecule has 0 aliphatic carbocycles. The van der Waals surface area contributed by atoms with Crippen LogP contribution in [0.4, 0.5) is 16.2 Å². The zero-order valence-electron chi connectivity index (χ0n) is 20.6. The van der Waals surface area contributed by atoms with Crippen LogP contribution in [0, 0.1) is 5.41 Å². The Balaban J connectivity index is 1.41. The monoisotopic (exact) mass is 556 g/mol. The van der Waals surface area contributed by atoms with Crippen molar-refractivity contribution in [1.29, 1.82) is 5.41 Å². The fourth-order valence-corrected chi connectivity index (χ4v) is 5.09. The normalized spacial score (nSPS) is 15.9. The second kappa shape index (κ2) is 11.0. The van der Waals surface area contributed by atoms with Crippen molar-refractivity contribution in [2.24, 2.45) is 0 Å². The number of carbonyl (C=O) groups excluding carboxylic acids is 1. The Morgan fingerprint density at radius 3 is 2.58 bits per heavy atom. The van der Waals surface area contributed by atoms with Gasteiger partial charge in [-0.25, -0.2) is 9.78 Å². The number of nitrogens with two attached hydrogens (primary N) is 1. The highest BCUT2D eigenvalue weighted by Gasteiger charge is 2.30. The number of nitrogen functional groups attached to an aromatic ring is 1. The van der Waals surface area contributed by atoms with Crippen LogP contribution in [0.25, 0.3) is 0 Å². The number of amides is 2. The molecular weight excluding hydrogens is 531 g/mol. The van der Waals surface area contributed by atoms with Gasteiger partial charge in [0.1, 0.15) is 24.1 Å². The number of urea groups is 1. The van der Waals surface area contributed by atoms with E-state index in [1.807, 2.05) is 6.92 Å². The second-order valence-corrected chi connectivity index (χ2v) is 9.65. The highest BCUT2D eigenvalue weighted by molar-refractivity contribution is 6.35. The molecule has 5 rings (SSSR count). The maximum absolute atomic E-state index is 13.2. The summed E-state index contributed by atoms with van der Waals surface area (Å²) >= 11 is 12.6. The summed E-state index contributed by atoms with van der Waals surface area (Å²) in [4.78, 5) is 25.0. The number of anilines is 2. The molecule has 3 aromatic rings. The van der Waals surface area contributed by atoms with Crippen LogP contribution in [0.15, 0.2) is 42.9 Å². The van der Waals surface area contributed by atoms with E-state index in [0.717, 1.165) is 0 Å². The number of pyridine rings is 2. The quantitative estimate of drug-likeness (QED) is 0.348. The molecule has 1 fully saturated rings. The number of nitrogens with zero attached hydrogens (tertiary/aromatic N) is 4. The molecule has 12 heteroatoms. The third-order valence-corrected chi connectivity index (χ3v) is 6.98. The number of morpholine rings is 1. The second-order valence-electron chi connectivity index (χ2n) is 8.83. The molecule has 2 aromatic heterocycles. The number of carbonyl (C=O) groups is 1. The van der Waals surface area contributed by atoms with Crippen molar-refractivity contribution >= 4 is 46.3 Å². The number of fused-ring (bicyclic) bond motifs is 1. The first-order valence-electron chi connectivity index (χ1n) is 12.0. The summed E-state index contributed by atoms with van der Waals surface area (Å²) in [5.74, 6) is 0.827. The molecule has 0 unspecified atom stereocenters. The third-order valence-electron chi connectivity index (χ3n) is 6.38. The Labute approximate surface area is 229 Å². The van der Waals surface area contributed by atoms with E-state index in [-0.39, 0.29) is 11.7 Å². The SMILES string of the molecule is C[C@@H](Oc1ccc(N)c(C(=N)c2cnc3c(c2)N(C(=O)N2CCOCC2)CCO3)c1)c1c(Cl)cncc1Cl. The summed E-state index contributed by atoms with van der Waals surface area (Å²) < 4.78 is 17.2. The largest absolute Gasteiger partial charge is 0.486 e. The van der Waals surface area contributed by atoms with Gasteiger partial charge in [0.25, 0.3) is 0 Å². The first-order valence-corrected chi connectivity index (χ1v) is 12.8. The van der Waals surface area contributed by atoms with Crippen molar-refractivity contribution in [3.8, 4) is 11.6 Å². The minimum Gasteiger partial charge on any atom is -0.486 e. The van der Waals surface area contributed by atoms with Crippen molar-refractivity contribution in [3.05, 3.63) is 69.6 Å². The van der Waals surface area contributed by atoms with Gasteiger partial charge in [-0.1, -0.05) is 23.2 Å². The van der Waals surface area contributed by atoms with Crippen LogP contribution in [0.1, 0.15) is 29.7 Å². The number of benzene rings is 1. The van der Waals surface area contributed by atoms with Crippen molar-refractivity contribution in [1.82, 2.24) is 14.9 Å². The van der Waals surface area contributed by atoms with Gasteiger partial charge < -0.3 is 24.8 Å². The molecule has 1 saturated heterocycles. The molecule has 10 nitrogen and oxygen atoms in total. The third kappa shape index (κ3) is 5.20. The molecule has 0 spiro atoms. The van der Waals surface area contributed by atoms with Crippen LogP contribution in [0.5, 0.6) is 11.6 Å². The van der Waals surface area contributed by atoms with Crippen LogP contribution in [0.2, 0.25) is 10.0 Å². The topological polar surface area (TPSA) is 127 Å². The first-order chi connectivity index (χ1) is 18.3. The van der Waals surface area contributed by atoms with Crippen LogP contribution in [-0.4, -0.2) is 66.1 Å². The molecule has 0 saturated carbocycles. The summed E-state index contributed by atoms with van der Waals surface area (Å²) in [5.41, 5.74) is 8.82. The Kier molecular flexibility index (Phi) is 7.55. The average Bonchev–Trinajstić information content (AvgIpc) is 2.93. The van der Waals surface area contributed by atoms with Gasteiger partial charge in [-0.3, -0.25) is 15.3 Å². The predicted octanol–water partition coefficient (Wildman–Crippen LogP) is 4.57. The van der Waals surface area contributed by atoms with E-state index in [2.05, 4.69) is 9.97 Å². The molecule has 2 amide bonds. The van der Waals surface area contributed by atoms with E-state index in [1.54, 1.807) is 34.1 Å². The van der Waals surface area contributed by atoms with Crippen LogP contribution < -0.4 is 20.1 Å². The summed E-state index contributed by atoms with van der Waals surface area (Å²) in [7, 11) is 0. The zero-order chi connectivity index (χ0) is 26.8. The Hall–Kier alpha value is -3.60. The molecule has 0 bridgehead atoms. The maximum atomic E-state index is 13.2. The molecule has 3 N–H and O–H groups in total. The molecule has 4 heterocycles. The van der Waals surface area contributed by atoms with Gasteiger partial charge in [0.2, 0.25) is 5.88 Å². The van der Waals surface area contributed by atoms with Crippen LogP contribution in [-0.2, 0) is 4.74 Å².